The number of piperazine rings is 1. The normalized spacial score (nSPS) is 13.9. The quantitative estimate of drug-likeness (QED) is 0.502. The van der Waals surface area contributed by atoms with Crippen molar-refractivity contribution < 1.29 is 14.3 Å². The number of nitrogens with zero attached hydrogens (tertiary/aromatic N) is 2. The molecule has 0 spiro atoms. The number of carbonyl (C=O) groups is 2. The van der Waals surface area contributed by atoms with Crippen molar-refractivity contribution in [3.63, 3.8) is 0 Å². The highest BCUT2D eigenvalue weighted by Crippen LogP contribution is 2.25. The van der Waals surface area contributed by atoms with Crippen molar-refractivity contribution in [2.45, 2.75) is 6.42 Å². The molecule has 1 heterocycles. The van der Waals surface area contributed by atoms with E-state index in [0.29, 0.717) is 17.9 Å². The number of nitrogens with one attached hydrogen (secondary N) is 1. The minimum absolute atomic E-state index is 0.433. The number of amides is 2. The molecule has 1 aliphatic heterocycles. The summed E-state index contributed by atoms with van der Waals surface area (Å²) in [5.41, 5.74) is 8.74. The van der Waals surface area contributed by atoms with E-state index in [-0.39, 0.29) is 0 Å². The number of benzene rings is 3. The second kappa shape index (κ2) is 11.3. The number of ether oxygens (including phenoxy) is 1. The number of hydrogen-bond donors (Lipinski definition) is 2. The van der Waals surface area contributed by atoms with Gasteiger partial charge in [0.15, 0.2) is 0 Å². The fraction of sp³-hybridized carbons (Fsp3) is 0.259. The first-order valence-corrected chi connectivity index (χ1v) is 11.6. The summed E-state index contributed by atoms with van der Waals surface area (Å²) in [6, 6.07) is 24.7. The number of para-hydroxylation sites is 1. The molecule has 0 aliphatic carbocycles. The Hall–Kier alpha value is -3.84. The second-order valence-corrected chi connectivity index (χ2v) is 8.31. The highest BCUT2D eigenvalue weighted by atomic mass is 16.6. The van der Waals surface area contributed by atoms with E-state index in [4.69, 9.17) is 10.5 Å². The van der Waals surface area contributed by atoms with Crippen LogP contribution in [0.15, 0.2) is 78.9 Å². The number of carbonyl (C=O) groups excluding carboxylic acids is 2. The van der Waals surface area contributed by atoms with E-state index in [2.05, 4.69) is 39.4 Å². The van der Waals surface area contributed by atoms with Gasteiger partial charge in [-0.3, -0.25) is 9.69 Å². The molecular weight excluding hydrogens is 428 g/mol. The Bertz CT molecular complexity index is 1110. The van der Waals surface area contributed by atoms with Crippen LogP contribution in [0.4, 0.5) is 10.5 Å². The predicted octanol–water partition coefficient (Wildman–Crippen LogP) is 3.75. The van der Waals surface area contributed by atoms with Crippen molar-refractivity contribution in [3.8, 4) is 16.9 Å². The van der Waals surface area contributed by atoms with E-state index in [1.807, 2.05) is 24.3 Å². The molecule has 0 unspecified atom stereocenters. The molecule has 0 atom stereocenters. The first kappa shape index (κ1) is 23.3. The van der Waals surface area contributed by atoms with Crippen molar-refractivity contribution in [1.29, 1.82) is 0 Å². The molecule has 0 bridgehead atoms. The lowest BCUT2D eigenvalue weighted by Crippen LogP contribution is -2.47. The van der Waals surface area contributed by atoms with E-state index in [0.717, 1.165) is 50.3 Å². The van der Waals surface area contributed by atoms with Crippen LogP contribution >= 0.6 is 0 Å². The summed E-state index contributed by atoms with van der Waals surface area (Å²) in [6.07, 6.45) is 0.386. The number of anilines is 1. The zero-order valence-electron chi connectivity index (χ0n) is 19.2. The van der Waals surface area contributed by atoms with Gasteiger partial charge in [-0.1, -0.05) is 42.5 Å². The molecule has 7 heteroatoms. The maximum Gasteiger partial charge on any atom is 0.412 e. The van der Waals surface area contributed by atoms with Gasteiger partial charge in [-0.05, 0) is 60.5 Å². The third kappa shape index (κ3) is 6.36. The molecule has 0 saturated carbocycles. The zero-order chi connectivity index (χ0) is 23.8. The maximum atomic E-state index is 12.2. The lowest BCUT2D eigenvalue weighted by Gasteiger charge is -2.36. The molecule has 7 nitrogen and oxygen atoms in total. The molecule has 3 aromatic carbocycles. The van der Waals surface area contributed by atoms with Crippen molar-refractivity contribution in [2.24, 2.45) is 5.73 Å². The molecule has 0 aromatic heterocycles. The van der Waals surface area contributed by atoms with Gasteiger partial charge in [0.1, 0.15) is 5.75 Å². The van der Waals surface area contributed by atoms with Crippen molar-refractivity contribution in [1.82, 2.24) is 10.2 Å². The van der Waals surface area contributed by atoms with Crippen LogP contribution in [0.1, 0.15) is 16.8 Å². The lowest BCUT2D eigenvalue weighted by molar-refractivity contribution is 0.1000. The minimum atomic E-state index is -0.480. The molecule has 3 aromatic rings. The monoisotopic (exact) mass is 458 g/mol. The molecule has 34 heavy (non-hydrogen) atoms. The van der Waals surface area contributed by atoms with Crippen molar-refractivity contribution in [3.05, 3.63) is 84.4 Å². The average molecular weight is 459 g/mol. The number of nitrogens with two attached hydrogens (primary N) is 1. The fourth-order valence-corrected chi connectivity index (χ4v) is 4.10. The SMILES string of the molecule is NC(=O)c1cccc(-c2cccc(OC(=O)NCCCN3CCN(c4ccccc4)CC3)c2)c1. The van der Waals surface area contributed by atoms with Crippen LogP contribution in [0.3, 0.4) is 0 Å². The van der Waals surface area contributed by atoms with Gasteiger partial charge in [-0.2, -0.15) is 0 Å². The Morgan fingerprint density at radius 2 is 1.56 bits per heavy atom. The highest BCUT2D eigenvalue weighted by Gasteiger charge is 2.16. The topological polar surface area (TPSA) is 87.9 Å². The summed E-state index contributed by atoms with van der Waals surface area (Å²) >= 11 is 0. The molecule has 3 N–H and O–H groups in total. The van der Waals surface area contributed by atoms with Crippen LogP contribution in [0.5, 0.6) is 5.75 Å². The van der Waals surface area contributed by atoms with Gasteiger partial charge in [0.25, 0.3) is 0 Å². The van der Waals surface area contributed by atoms with Gasteiger partial charge < -0.3 is 20.7 Å². The largest absolute Gasteiger partial charge is 0.412 e. The van der Waals surface area contributed by atoms with Gasteiger partial charge in [0, 0.05) is 44.0 Å². The molecule has 4 rings (SSSR count). The standard InChI is InChI=1S/C27H30N4O3/c28-26(32)23-9-4-7-21(19-23)22-8-5-12-25(20-22)34-27(33)29-13-6-14-30-15-17-31(18-16-30)24-10-2-1-3-11-24/h1-5,7-12,19-20H,6,13-18H2,(H2,28,32)(H,29,33). The van der Waals surface area contributed by atoms with Crippen LogP contribution in [-0.2, 0) is 0 Å². The fourth-order valence-electron chi connectivity index (χ4n) is 4.10. The van der Waals surface area contributed by atoms with Crippen LogP contribution in [-0.4, -0.2) is 56.2 Å². The van der Waals surface area contributed by atoms with Crippen LogP contribution in [0.25, 0.3) is 11.1 Å². The summed E-state index contributed by atoms with van der Waals surface area (Å²) in [4.78, 5) is 28.5. The van der Waals surface area contributed by atoms with Gasteiger partial charge >= 0.3 is 6.09 Å². The molecule has 1 saturated heterocycles. The number of rotatable bonds is 8. The van der Waals surface area contributed by atoms with E-state index in [1.54, 1.807) is 30.3 Å². The molecule has 2 amide bonds. The maximum absolute atomic E-state index is 12.2. The first-order valence-electron chi connectivity index (χ1n) is 11.6. The third-order valence-electron chi connectivity index (χ3n) is 5.94. The van der Waals surface area contributed by atoms with Gasteiger partial charge in [0.2, 0.25) is 5.91 Å². The van der Waals surface area contributed by atoms with Crippen LogP contribution in [0, 0.1) is 0 Å². The Labute approximate surface area is 200 Å². The van der Waals surface area contributed by atoms with E-state index >= 15 is 0 Å². The number of hydrogen-bond acceptors (Lipinski definition) is 5. The Morgan fingerprint density at radius 1 is 0.853 bits per heavy atom. The van der Waals surface area contributed by atoms with Gasteiger partial charge in [-0.25, -0.2) is 4.79 Å². The molecule has 1 aliphatic rings. The van der Waals surface area contributed by atoms with E-state index < -0.39 is 12.0 Å². The van der Waals surface area contributed by atoms with Crippen molar-refractivity contribution >= 4 is 17.7 Å². The van der Waals surface area contributed by atoms with Gasteiger partial charge in [-0.15, -0.1) is 0 Å². The summed E-state index contributed by atoms with van der Waals surface area (Å²) in [5.74, 6) is -0.0387. The van der Waals surface area contributed by atoms with E-state index in [1.165, 1.54) is 5.69 Å². The summed E-state index contributed by atoms with van der Waals surface area (Å²) in [7, 11) is 0. The summed E-state index contributed by atoms with van der Waals surface area (Å²) < 4.78 is 5.45. The molecule has 0 radical (unpaired) electrons. The Kier molecular flexibility index (Phi) is 7.78. The minimum Gasteiger partial charge on any atom is -0.410 e. The second-order valence-electron chi connectivity index (χ2n) is 8.31. The zero-order valence-corrected chi connectivity index (χ0v) is 19.2. The van der Waals surface area contributed by atoms with E-state index in [9.17, 15) is 9.59 Å². The molecule has 176 valence electrons. The lowest BCUT2D eigenvalue weighted by atomic mass is 10.0. The van der Waals surface area contributed by atoms with Crippen LogP contribution < -0.4 is 20.7 Å². The highest BCUT2D eigenvalue weighted by molar-refractivity contribution is 5.94. The third-order valence-corrected chi connectivity index (χ3v) is 5.94. The van der Waals surface area contributed by atoms with Crippen LogP contribution in [0.2, 0.25) is 0 Å². The van der Waals surface area contributed by atoms with Gasteiger partial charge in [0.05, 0.1) is 0 Å². The smallest absolute Gasteiger partial charge is 0.410 e. The van der Waals surface area contributed by atoms with Crippen molar-refractivity contribution in [2.75, 3.05) is 44.2 Å². The average Bonchev–Trinajstić information content (AvgIpc) is 2.88. The predicted molar refractivity (Wildman–Crippen MR) is 134 cm³/mol. The Morgan fingerprint density at radius 3 is 2.29 bits per heavy atom. The molecular formula is C27H30N4O3. The summed E-state index contributed by atoms with van der Waals surface area (Å²) in [6.45, 7) is 5.55. The molecule has 1 fully saturated rings. The first-order chi connectivity index (χ1) is 16.6. The Balaban J connectivity index is 1.19. The summed E-state index contributed by atoms with van der Waals surface area (Å²) in [5, 5.41) is 2.83. The number of primary amides is 1.